The summed E-state index contributed by atoms with van der Waals surface area (Å²) in [7, 11) is 4.17. The first-order chi connectivity index (χ1) is 7.35. The minimum Gasteiger partial charge on any atom is -0.360 e. The molecule has 0 unspecified atom stereocenters. The molecule has 0 saturated heterocycles. The molecule has 0 aliphatic carbocycles. The molecule has 0 bridgehead atoms. The van der Waals surface area contributed by atoms with Gasteiger partial charge in [-0.05, 0) is 6.42 Å². The molecule has 0 aliphatic heterocycles. The number of hydrogen-bond donors (Lipinski definition) is 0. The molecule has 2 radical (unpaired) electrons. The van der Waals surface area contributed by atoms with E-state index in [2.05, 4.69) is 0 Å². The van der Waals surface area contributed by atoms with Gasteiger partial charge in [-0.25, -0.2) is 0 Å². The summed E-state index contributed by atoms with van der Waals surface area (Å²) in [4.78, 5) is 0. The van der Waals surface area contributed by atoms with Crippen LogP contribution >= 0.6 is 11.6 Å². The van der Waals surface area contributed by atoms with Gasteiger partial charge in [-0.15, -0.1) is 11.6 Å². The maximum absolute atomic E-state index is 5.60. The van der Waals surface area contributed by atoms with Crippen LogP contribution in [0.2, 0.25) is 6.04 Å². The highest BCUT2D eigenvalue weighted by Gasteiger charge is 2.04. The Morgan fingerprint density at radius 2 is 1.47 bits per heavy atom. The van der Waals surface area contributed by atoms with E-state index in [-0.39, 0.29) is 5.91 Å². The van der Waals surface area contributed by atoms with Gasteiger partial charge in [0.15, 0.2) is 0 Å². The maximum Gasteiger partial charge on any atom is 0.136 e. The van der Waals surface area contributed by atoms with Crippen LogP contribution in [-0.2, 0) is 9.47 Å². The molecule has 0 aromatic rings. The fourth-order valence-electron chi connectivity index (χ4n) is 1.41. The van der Waals surface area contributed by atoms with E-state index < -0.39 is 0 Å². The first-order valence-corrected chi connectivity index (χ1v) is 7.52. The minimum atomic E-state index is 0.0150. The number of halogens is 1. The molecular formula is C11H23ClO2Si. The Hall–Kier alpha value is 0.427. The molecule has 0 aromatic heterocycles. The summed E-state index contributed by atoms with van der Waals surface area (Å²) in [6, 6.07) is 1.22. The highest BCUT2D eigenvalue weighted by atomic mass is 35.5. The van der Waals surface area contributed by atoms with E-state index in [9.17, 15) is 0 Å². The number of unbranched alkanes of at least 4 members (excludes halogenated alkanes) is 5. The first-order valence-electron chi connectivity index (χ1n) is 5.70. The molecule has 90 valence electrons. The Bertz CT molecular complexity index is 121. The van der Waals surface area contributed by atoms with Crippen LogP contribution in [0.15, 0.2) is 0 Å². The van der Waals surface area contributed by atoms with Crippen molar-refractivity contribution >= 4 is 21.1 Å². The monoisotopic (exact) mass is 250 g/mol. The van der Waals surface area contributed by atoms with Crippen LogP contribution < -0.4 is 0 Å². The van der Waals surface area contributed by atoms with E-state index in [0.29, 0.717) is 0 Å². The van der Waals surface area contributed by atoms with Crippen molar-refractivity contribution in [2.45, 2.75) is 50.5 Å². The van der Waals surface area contributed by atoms with Gasteiger partial charge in [-0.1, -0.05) is 38.1 Å². The van der Waals surface area contributed by atoms with Gasteiger partial charge in [0, 0.05) is 20.1 Å². The van der Waals surface area contributed by atoms with Gasteiger partial charge in [0.1, 0.15) is 15.4 Å². The van der Waals surface area contributed by atoms with Crippen LogP contribution in [0, 0.1) is 0 Å². The third-order valence-corrected chi connectivity index (χ3v) is 4.01. The van der Waals surface area contributed by atoms with Gasteiger partial charge in [-0.3, -0.25) is 0 Å². The Morgan fingerprint density at radius 3 is 2.00 bits per heavy atom. The lowest BCUT2D eigenvalue weighted by Crippen LogP contribution is -2.20. The molecule has 0 fully saturated rings. The predicted molar refractivity (Wildman–Crippen MR) is 66.8 cm³/mol. The molecule has 15 heavy (non-hydrogen) atoms. The van der Waals surface area contributed by atoms with E-state index in [4.69, 9.17) is 21.1 Å². The van der Waals surface area contributed by atoms with Crippen LogP contribution in [0.4, 0.5) is 0 Å². The minimum absolute atomic E-state index is 0.0150. The molecule has 0 aromatic carbocycles. The quantitative estimate of drug-likeness (QED) is 0.243. The Labute approximate surface area is 101 Å². The lowest BCUT2D eigenvalue weighted by atomic mass is 10.1. The van der Waals surface area contributed by atoms with Crippen molar-refractivity contribution in [2.75, 3.05) is 20.1 Å². The predicted octanol–water partition coefficient (Wildman–Crippen LogP) is 3.26. The lowest BCUT2D eigenvalue weighted by molar-refractivity contribution is -0.0441. The van der Waals surface area contributed by atoms with Crippen molar-refractivity contribution in [1.29, 1.82) is 0 Å². The van der Waals surface area contributed by atoms with Crippen LogP contribution in [0.5, 0.6) is 0 Å². The van der Waals surface area contributed by atoms with Crippen molar-refractivity contribution in [1.82, 2.24) is 0 Å². The molecule has 0 heterocycles. The van der Waals surface area contributed by atoms with Crippen molar-refractivity contribution in [3.8, 4) is 0 Å². The maximum atomic E-state index is 5.60. The van der Waals surface area contributed by atoms with Gasteiger partial charge < -0.3 is 9.47 Å². The summed E-state index contributed by atoms with van der Waals surface area (Å²) in [5.74, 6) is 0.825. The molecule has 0 rings (SSSR count). The average molecular weight is 251 g/mol. The number of rotatable bonds is 11. The van der Waals surface area contributed by atoms with Crippen molar-refractivity contribution in [2.24, 2.45) is 0 Å². The topological polar surface area (TPSA) is 18.5 Å². The smallest absolute Gasteiger partial charge is 0.136 e. The van der Waals surface area contributed by atoms with Gasteiger partial charge >= 0.3 is 0 Å². The van der Waals surface area contributed by atoms with E-state index in [1.807, 2.05) is 0 Å². The van der Waals surface area contributed by atoms with Crippen molar-refractivity contribution < 1.29 is 9.47 Å². The highest BCUT2D eigenvalue weighted by molar-refractivity contribution is 6.36. The number of alkyl halides is 1. The van der Waals surface area contributed by atoms with Gasteiger partial charge in [-0.2, -0.15) is 0 Å². The largest absolute Gasteiger partial charge is 0.360 e. The molecule has 2 nitrogen and oxygen atoms in total. The molecular weight excluding hydrogens is 228 g/mol. The molecule has 4 heteroatoms. The third-order valence-electron chi connectivity index (χ3n) is 2.30. The van der Waals surface area contributed by atoms with Gasteiger partial charge in [0.05, 0.1) is 0 Å². The lowest BCUT2D eigenvalue weighted by Gasteiger charge is -2.11. The fourth-order valence-corrected chi connectivity index (χ4v) is 2.62. The van der Waals surface area contributed by atoms with E-state index in [1.54, 1.807) is 14.2 Å². The van der Waals surface area contributed by atoms with Crippen molar-refractivity contribution in [3.63, 3.8) is 0 Å². The summed E-state index contributed by atoms with van der Waals surface area (Å²) in [5.41, 5.74) is 0. The van der Waals surface area contributed by atoms with Crippen molar-refractivity contribution in [3.05, 3.63) is 0 Å². The summed E-state index contributed by atoms with van der Waals surface area (Å²) < 4.78 is 10.3. The Morgan fingerprint density at radius 1 is 0.933 bits per heavy atom. The summed E-state index contributed by atoms with van der Waals surface area (Å²) in [6.07, 6.45) is 7.74. The van der Waals surface area contributed by atoms with E-state index in [1.165, 1.54) is 44.6 Å². The summed E-state index contributed by atoms with van der Waals surface area (Å²) in [6.45, 7) is 0. The second-order valence-corrected chi connectivity index (χ2v) is 5.33. The number of hydrogen-bond acceptors (Lipinski definition) is 2. The standard InChI is InChI=1S/C11H23ClO2Si/c1-13-11(14-2)15-10-8-6-4-3-5-7-9-12/h11H,3-10H2,1-2H3. The second kappa shape index (κ2) is 12.5. The Balaban J connectivity index is 3.04. The summed E-state index contributed by atoms with van der Waals surface area (Å²) in [5, 5.41) is 0. The first kappa shape index (κ1) is 15.4. The zero-order chi connectivity index (χ0) is 11.4. The van der Waals surface area contributed by atoms with Crippen LogP contribution in [0.25, 0.3) is 0 Å². The van der Waals surface area contributed by atoms with Crippen LogP contribution in [-0.4, -0.2) is 35.5 Å². The van der Waals surface area contributed by atoms with Gasteiger partial charge in [0.2, 0.25) is 0 Å². The fraction of sp³-hybridized carbons (Fsp3) is 1.00. The second-order valence-electron chi connectivity index (χ2n) is 3.57. The normalized spacial score (nSPS) is 11.2. The third kappa shape index (κ3) is 10.7. The zero-order valence-corrected chi connectivity index (χ0v) is 11.7. The zero-order valence-electron chi connectivity index (χ0n) is 9.93. The Kier molecular flexibility index (Phi) is 12.9. The molecule has 0 aliphatic rings. The highest BCUT2D eigenvalue weighted by Crippen LogP contribution is 2.08. The molecule has 0 atom stereocenters. The molecule has 0 N–H and O–H groups in total. The average Bonchev–Trinajstić information content (AvgIpc) is 2.27. The molecule has 0 spiro atoms. The number of methoxy groups -OCH3 is 2. The molecule has 0 saturated carbocycles. The number of ether oxygens (including phenoxy) is 2. The van der Waals surface area contributed by atoms with Crippen LogP contribution in [0.3, 0.4) is 0 Å². The van der Waals surface area contributed by atoms with E-state index >= 15 is 0 Å². The van der Waals surface area contributed by atoms with Gasteiger partial charge in [0.25, 0.3) is 0 Å². The SMILES string of the molecule is COC(OC)[Si]CCCCCCCCCl. The molecule has 0 amide bonds. The van der Waals surface area contributed by atoms with E-state index in [0.717, 1.165) is 15.4 Å². The summed E-state index contributed by atoms with van der Waals surface area (Å²) >= 11 is 5.60. The van der Waals surface area contributed by atoms with Crippen LogP contribution in [0.1, 0.15) is 38.5 Å².